The summed E-state index contributed by atoms with van der Waals surface area (Å²) < 4.78 is 5.10. The summed E-state index contributed by atoms with van der Waals surface area (Å²) in [5.74, 6) is 1.74. The molecule has 0 saturated heterocycles. The number of carbonyl (C=O) groups is 1. The minimum atomic E-state index is -0.687. The van der Waals surface area contributed by atoms with E-state index >= 15 is 0 Å². The van der Waals surface area contributed by atoms with Crippen LogP contribution in [0.2, 0.25) is 0 Å². The lowest BCUT2D eigenvalue weighted by atomic mass is 10.0. The average molecular weight is 334 g/mol. The van der Waals surface area contributed by atoms with Crippen LogP contribution in [0, 0.1) is 20.8 Å². The van der Waals surface area contributed by atoms with E-state index in [1.54, 1.807) is 0 Å². The standard InChI is InChI=1S/C17H22N2O3S/c1-11-6-4-5-7-14(11)16(20)8-18-17(21)10-23-9-15-12(2)19-22-13(15)3/h4-7,16,20H,8-10H2,1-3H3,(H,18,21). The third-order valence-electron chi connectivity index (χ3n) is 3.70. The van der Waals surface area contributed by atoms with Gasteiger partial charge in [-0.1, -0.05) is 29.4 Å². The van der Waals surface area contributed by atoms with E-state index in [4.69, 9.17) is 4.52 Å². The van der Waals surface area contributed by atoms with Crippen molar-refractivity contribution in [1.82, 2.24) is 10.5 Å². The number of nitrogens with one attached hydrogen (secondary N) is 1. The number of carbonyl (C=O) groups excluding carboxylic acids is 1. The van der Waals surface area contributed by atoms with E-state index in [1.165, 1.54) is 11.8 Å². The highest BCUT2D eigenvalue weighted by atomic mass is 32.2. The van der Waals surface area contributed by atoms with E-state index in [-0.39, 0.29) is 12.5 Å². The predicted molar refractivity (Wildman–Crippen MR) is 91.3 cm³/mol. The fourth-order valence-electron chi connectivity index (χ4n) is 2.29. The lowest BCUT2D eigenvalue weighted by Gasteiger charge is -2.14. The first-order chi connectivity index (χ1) is 11.0. The molecule has 0 saturated carbocycles. The molecule has 0 aliphatic carbocycles. The lowest BCUT2D eigenvalue weighted by molar-refractivity contribution is -0.119. The number of aromatic nitrogens is 1. The van der Waals surface area contributed by atoms with Gasteiger partial charge in [0.1, 0.15) is 5.76 Å². The van der Waals surface area contributed by atoms with Crippen LogP contribution in [0.25, 0.3) is 0 Å². The van der Waals surface area contributed by atoms with Gasteiger partial charge in [-0.25, -0.2) is 0 Å². The van der Waals surface area contributed by atoms with Gasteiger partial charge in [-0.3, -0.25) is 4.79 Å². The van der Waals surface area contributed by atoms with Crippen molar-refractivity contribution in [2.24, 2.45) is 0 Å². The highest BCUT2D eigenvalue weighted by Crippen LogP contribution is 2.19. The van der Waals surface area contributed by atoms with Crippen LogP contribution in [0.1, 0.15) is 34.2 Å². The second-order valence-electron chi connectivity index (χ2n) is 5.47. The quantitative estimate of drug-likeness (QED) is 0.814. The summed E-state index contributed by atoms with van der Waals surface area (Å²) in [6.07, 6.45) is -0.687. The highest BCUT2D eigenvalue weighted by Gasteiger charge is 2.13. The van der Waals surface area contributed by atoms with Crippen molar-refractivity contribution in [3.05, 3.63) is 52.4 Å². The minimum absolute atomic E-state index is 0.0885. The van der Waals surface area contributed by atoms with Crippen LogP contribution >= 0.6 is 11.8 Å². The Morgan fingerprint density at radius 1 is 1.35 bits per heavy atom. The number of aryl methyl sites for hydroxylation is 3. The molecule has 6 heteroatoms. The van der Waals surface area contributed by atoms with Gasteiger partial charge in [0.2, 0.25) is 5.91 Å². The van der Waals surface area contributed by atoms with E-state index in [0.717, 1.165) is 28.1 Å². The third-order valence-corrected chi connectivity index (χ3v) is 4.66. The average Bonchev–Trinajstić information content (AvgIpc) is 2.85. The van der Waals surface area contributed by atoms with Crippen LogP contribution in [0.4, 0.5) is 0 Å². The Bertz CT molecular complexity index is 650. The summed E-state index contributed by atoms with van der Waals surface area (Å²) in [6.45, 7) is 5.93. The van der Waals surface area contributed by atoms with Crippen molar-refractivity contribution in [1.29, 1.82) is 0 Å². The first-order valence-corrected chi connectivity index (χ1v) is 8.64. The van der Waals surface area contributed by atoms with Crippen molar-refractivity contribution in [2.75, 3.05) is 12.3 Å². The van der Waals surface area contributed by atoms with Crippen LogP contribution in [0.15, 0.2) is 28.8 Å². The zero-order chi connectivity index (χ0) is 16.8. The highest BCUT2D eigenvalue weighted by molar-refractivity contribution is 7.99. The smallest absolute Gasteiger partial charge is 0.230 e. The number of hydrogen-bond acceptors (Lipinski definition) is 5. The van der Waals surface area contributed by atoms with E-state index in [0.29, 0.717) is 11.5 Å². The van der Waals surface area contributed by atoms with Crippen molar-refractivity contribution in [3.63, 3.8) is 0 Å². The SMILES string of the molecule is Cc1ccccc1C(O)CNC(=O)CSCc1c(C)noc1C. The molecule has 0 radical (unpaired) electrons. The Hall–Kier alpha value is -1.79. The molecule has 2 N–H and O–H groups in total. The fourth-order valence-corrected chi connectivity index (χ4v) is 3.29. The van der Waals surface area contributed by atoms with Crippen molar-refractivity contribution in [3.8, 4) is 0 Å². The van der Waals surface area contributed by atoms with Gasteiger partial charge in [-0.15, -0.1) is 11.8 Å². The Balaban J connectivity index is 1.74. The van der Waals surface area contributed by atoms with E-state index in [1.807, 2.05) is 45.0 Å². The van der Waals surface area contributed by atoms with Gasteiger partial charge < -0.3 is 14.9 Å². The summed E-state index contributed by atoms with van der Waals surface area (Å²) in [5.41, 5.74) is 3.77. The normalized spacial score (nSPS) is 12.2. The summed E-state index contributed by atoms with van der Waals surface area (Å²) >= 11 is 1.50. The first kappa shape index (κ1) is 17.6. The summed E-state index contributed by atoms with van der Waals surface area (Å²) in [7, 11) is 0. The third kappa shape index (κ3) is 4.84. The summed E-state index contributed by atoms with van der Waals surface area (Å²) in [5, 5.41) is 16.8. The summed E-state index contributed by atoms with van der Waals surface area (Å²) in [6, 6.07) is 7.63. The van der Waals surface area contributed by atoms with Gasteiger partial charge >= 0.3 is 0 Å². The molecule has 1 atom stereocenters. The molecule has 0 aliphatic heterocycles. The zero-order valence-corrected chi connectivity index (χ0v) is 14.4. The molecule has 1 amide bonds. The Morgan fingerprint density at radius 3 is 2.74 bits per heavy atom. The van der Waals surface area contributed by atoms with Gasteiger partial charge in [0, 0.05) is 17.9 Å². The van der Waals surface area contributed by atoms with E-state index in [9.17, 15) is 9.90 Å². The topological polar surface area (TPSA) is 75.4 Å². The molecule has 124 valence electrons. The van der Waals surface area contributed by atoms with Gasteiger partial charge in [-0.2, -0.15) is 0 Å². The molecule has 0 aliphatic rings. The monoisotopic (exact) mass is 334 g/mol. The molecule has 0 fully saturated rings. The van der Waals surface area contributed by atoms with Gasteiger partial charge in [-0.05, 0) is 31.9 Å². The molecular weight excluding hydrogens is 312 g/mol. The number of amides is 1. The molecule has 1 aromatic carbocycles. The number of hydrogen-bond donors (Lipinski definition) is 2. The van der Waals surface area contributed by atoms with E-state index < -0.39 is 6.10 Å². The maximum absolute atomic E-state index is 11.9. The van der Waals surface area contributed by atoms with Crippen molar-refractivity contribution >= 4 is 17.7 Å². The van der Waals surface area contributed by atoms with Crippen LogP contribution < -0.4 is 5.32 Å². The minimum Gasteiger partial charge on any atom is -0.387 e. The second kappa shape index (κ2) is 8.17. The number of benzene rings is 1. The number of rotatable bonds is 7. The predicted octanol–water partition coefficient (Wildman–Crippen LogP) is 2.68. The second-order valence-corrected chi connectivity index (χ2v) is 6.46. The zero-order valence-electron chi connectivity index (χ0n) is 13.6. The molecule has 1 heterocycles. The Morgan fingerprint density at radius 2 is 2.09 bits per heavy atom. The Kier molecular flexibility index (Phi) is 6.24. The maximum Gasteiger partial charge on any atom is 0.230 e. The largest absolute Gasteiger partial charge is 0.387 e. The molecule has 2 rings (SSSR count). The van der Waals surface area contributed by atoms with Crippen molar-refractivity contribution < 1.29 is 14.4 Å². The molecule has 23 heavy (non-hydrogen) atoms. The number of aliphatic hydroxyl groups is 1. The number of nitrogens with zero attached hydrogens (tertiary/aromatic N) is 1. The molecule has 1 unspecified atom stereocenters. The van der Waals surface area contributed by atoms with Gasteiger partial charge in [0.25, 0.3) is 0 Å². The van der Waals surface area contributed by atoms with Crippen LogP contribution in [-0.2, 0) is 10.5 Å². The Labute approximate surface area is 140 Å². The molecule has 2 aromatic rings. The maximum atomic E-state index is 11.9. The van der Waals surface area contributed by atoms with Crippen LogP contribution in [0.3, 0.4) is 0 Å². The fraction of sp³-hybridized carbons (Fsp3) is 0.412. The van der Waals surface area contributed by atoms with Gasteiger partial charge in [0.15, 0.2) is 0 Å². The van der Waals surface area contributed by atoms with Crippen molar-refractivity contribution in [2.45, 2.75) is 32.6 Å². The summed E-state index contributed by atoms with van der Waals surface area (Å²) in [4.78, 5) is 11.9. The van der Waals surface area contributed by atoms with Gasteiger partial charge in [0.05, 0.1) is 17.6 Å². The molecule has 1 aromatic heterocycles. The molecule has 5 nitrogen and oxygen atoms in total. The lowest BCUT2D eigenvalue weighted by Crippen LogP contribution is -2.30. The molecule has 0 spiro atoms. The molecular formula is C17H22N2O3S. The number of aliphatic hydroxyl groups excluding tert-OH is 1. The van der Waals surface area contributed by atoms with Crippen LogP contribution in [0.5, 0.6) is 0 Å². The molecule has 0 bridgehead atoms. The first-order valence-electron chi connectivity index (χ1n) is 7.48. The van der Waals surface area contributed by atoms with E-state index in [2.05, 4.69) is 10.5 Å². The number of thioether (sulfide) groups is 1. The van der Waals surface area contributed by atoms with Crippen LogP contribution in [-0.4, -0.2) is 28.5 Å².